The Morgan fingerprint density at radius 1 is 0.605 bits per heavy atom. The van der Waals surface area contributed by atoms with E-state index in [9.17, 15) is 47.9 Å². The summed E-state index contributed by atoms with van der Waals surface area (Å²) in [6.45, 7) is 6.36. The van der Waals surface area contributed by atoms with Crippen LogP contribution in [0.4, 0.5) is 0 Å². The molecule has 0 bridgehead atoms. The third-order valence-electron chi connectivity index (χ3n) is 8.35. The fourth-order valence-electron chi connectivity index (χ4n) is 3.86. The van der Waals surface area contributed by atoms with Crippen LogP contribution in [-0.4, -0.2) is 187 Å². The van der Waals surface area contributed by atoms with Gasteiger partial charge >= 0.3 is 53.7 Å². The number of carbonyl (C=O) groups is 10. The Morgan fingerprint density at radius 2 is 1.00 bits per heavy atom. The van der Waals surface area contributed by atoms with Crippen LogP contribution in [0.15, 0.2) is 30.3 Å². The summed E-state index contributed by atoms with van der Waals surface area (Å²) in [6.07, 6.45) is 5.43. The predicted molar refractivity (Wildman–Crippen MR) is 277 cm³/mol. The van der Waals surface area contributed by atoms with Crippen LogP contribution in [0.2, 0.25) is 0 Å². The van der Waals surface area contributed by atoms with Crippen LogP contribution in [0.1, 0.15) is 84.1 Å². The van der Waals surface area contributed by atoms with Crippen LogP contribution in [0.3, 0.4) is 0 Å². The van der Waals surface area contributed by atoms with Gasteiger partial charge in [0.1, 0.15) is 42.3 Å². The van der Waals surface area contributed by atoms with Gasteiger partial charge in [-0.1, -0.05) is 50.6 Å². The van der Waals surface area contributed by atoms with E-state index in [1.165, 1.54) is 6.92 Å². The molecule has 33 nitrogen and oxygen atoms in total. The molecule has 1 saturated heterocycles. The van der Waals surface area contributed by atoms with Gasteiger partial charge in [-0.15, -0.1) is 0 Å². The molecule has 0 unspecified atom stereocenters. The number of primary amides is 1. The molecule has 2 rings (SSSR count). The van der Waals surface area contributed by atoms with E-state index in [0.29, 0.717) is 38.8 Å². The van der Waals surface area contributed by atoms with E-state index < -0.39 is 95.9 Å². The highest BCUT2D eigenvalue weighted by molar-refractivity contribution is 5.77. The average molecular weight is 1100 g/mol. The number of nitrogens with two attached hydrogens (primary N) is 11. The summed E-state index contributed by atoms with van der Waals surface area (Å²) in [5.41, 5.74) is 55.9. The zero-order valence-electron chi connectivity index (χ0n) is 43.1. The zero-order valence-corrected chi connectivity index (χ0v) is 43.1. The van der Waals surface area contributed by atoms with Crippen molar-refractivity contribution in [2.75, 3.05) is 32.7 Å². The molecule has 76 heavy (non-hydrogen) atoms. The van der Waals surface area contributed by atoms with Crippen molar-refractivity contribution in [3.8, 4) is 0 Å². The molecule has 0 radical (unpaired) electrons. The smallest absolute Gasteiger partial charge is 0.320 e. The molecule has 0 aromatic heterocycles. The van der Waals surface area contributed by atoms with Gasteiger partial charge in [0.15, 0.2) is 5.96 Å². The third-order valence-corrected chi connectivity index (χ3v) is 8.35. The van der Waals surface area contributed by atoms with Crippen molar-refractivity contribution in [1.29, 1.82) is 5.41 Å². The van der Waals surface area contributed by atoms with Crippen LogP contribution in [0, 0.1) is 11.3 Å². The van der Waals surface area contributed by atoms with E-state index in [4.69, 9.17) is 103 Å². The SMILES string of the molecule is CC(C)[C@H](N)C(=O)O.C[C@H](N)C(=O)O.N=C(N)NCCC[C@H](N)C(=O)O.NC(=O)CC[C@H](N)C(=O)O.NCC(=O)O.NCC(=O)O.NCCCC[C@H](N)C(=O)O.N[C@@H](Cc1ccccc1)C(=O)O.O=C(O)[C@@H]1CCCN1. The highest BCUT2D eigenvalue weighted by Gasteiger charge is 2.20. The Hall–Kier alpha value is -7.21. The van der Waals surface area contributed by atoms with Gasteiger partial charge in [0.05, 0.1) is 13.1 Å². The summed E-state index contributed by atoms with van der Waals surface area (Å²) < 4.78 is 0. The van der Waals surface area contributed by atoms with Crippen LogP contribution in [0.5, 0.6) is 0 Å². The number of benzene rings is 1. The molecule has 1 aromatic carbocycles. The number of aliphatic carboxylic acids is 9. The molecule has 0 spiro atoms. The molecule has 1 heterocycles. The van der Waals surface area contributed by atoms with Crippen molar-refractivity contribution in [3.63, 3.8) is 0 Å². The summed E-state index contributed by atoms with van der Waals surface area (Å²) in [5, 5.41) is 85.3. The first-order chi connectivity index (χ1) is 35.0. The largest absolute Gasteiger partial charge is 0.480 e. The van der Waals surface area contributed by atoms with E-state index in [-0.39, 0.29) is 43.9 Å². The van der Waals surface area contributed by atoms with E-state index in [1.807, 2.05) is 30.3 Å². The van der Waals surface area contributed by atoms with Crippen molar-refractivity contribution in [1.82, 2.24) is 10.6 Å². The van der Waals surface area contributed by atoms with Gasteiger partial charge in [-0.05, 0) is 82.9 Å². The Labute approximate surface area is 439 Å². The second-order valence-electron chi connectivity index (χ2n) is 15.7. The second kappa shape index (κ2) is 54.1. The highest BCUT2D eigenvalue weighted by atomic mass is 16.4. The van der Waals surface area contributed by atoms with Crippen molar-refractivity contribution in [2.24, 2.45) is 69.0 Å². The summed E-state index contributed by atoms with van der Waals surface area (Å²) in [7, 11) is 0. The molecular formula is C43H86N14O19. The monoisotopic (exact) mass is 1100 g/mol. The summed E-state index contributed by atoms with van der Waals surface area (Å²) in [6, 6.07) is 4.31. The van der Waals surface area contributed by atoms with Crippen molar-refractivity contribution in [2.45, 2.75) is 127 Å². The number of hydrogen-bond acceptors (Lipinski definition) is 21. The molecule has 1 aromatic rings. The topological polar surface area (TPSA) is 687 Å². The van der Waals surface area contributed by atoms with E-state index in [1.54, 1.807) is 13.8 Å². The van der Waals surface area contributed by atoms with Crippen LogP contribution in [0.25, 0.3) is 0 Å². The highest BCUT2D eigenvalue weighted by Crippen LogP contribution is 2.04. The Bertz CT molecular complexity index is 1750. The standard InChI is InChI=1S/C9H11NO2.C6H14N4O2.C6H14N2O2.C5H10N2O3.C5H9NO2.C5H11NO2.C3H7NO2.2C2H5NO2/c10-8(9(11)12)6-7-4-2-1-3-5-7;7-4(5(11)12)2-1-3-10-6(8)9;7-4-2-1-3-5(8)6(9)10;6-3(5(9)10)1-2-4(7)8;7-5(8)4-2-1-3-6-4;1-3(2)4(6)5(7)8;1-2(4)3(5)6;2*3-1-2(4)5/h1-5,8H,6,10H2,(H,11,12);4H,1-3,7H2,(H,11,12)(H4,8,9,10);5H,1-4,7-8H2,(H,9,10);3H,1-2,6H2,(H2,7,8)(H,9,10);4,6H,1-3H2,(H,7,8);3-4H,6H2,1-2H3,(H,7,8);2H,4H2,1H3,(H,5,6);2*1,3H2,(H,4,5)/t8-;4-;5-;3-;2*4-;2-;;/m0000000../s1. The number of hydrogen-bond donors (Lipinski definition) is 23. The van der Waals surface area contributed by atoms with Crippen LogP contribution >= 0.6 is 0 Å². The average Bonchev–Trinajstić information content (AvgIpc) is 3.89. The van der Waals surface area contributed by atoms with E-state index in [2.05, 4.69) is 22.1 Å². The van der Waals surface area contributed by atoms with Gasteiger partial charge in [0.2, 0.25) is 5.91 Å². The number of carbonyl (C=O) groups excluding carboxylic acids is 1. The normalized spacial score (nSPS) is 13.7. The maximum atomic E-state index is 10.4. The number of guanidine groups is 1. The Morgan fingerprint density at radius 3 is 1.25 bits per heavy atom. The van der Waals surface area contributed by atoms with Gasteiger partial charge < -0.3 is 120 Å². The first-order valence-electron chi connectivity index (χ1n) is 22.8. The van der Waals surface area contributed by atoms with Crippen molar-refractivity contribution < 1.29 is 93.9 Å². The minimum absolute atomic E-state index is 0.0208. The molecule has 0 aliphatic carbocycles. The first-order valence-corrected chi connectivity index (χ1v) is 22.8. The number of carboxylic acid groups (broad SMARTS) is 9. The van der Waals surface area contributed by atoms with E-state index >= 15 is 0 Å². The summed E-state index contributed by atoms with van der Waals surface area (Å²) >= 11 is 0. The molecule has 0 saturated carbocycles. The Kier molecular flexibility index (Phi) is 58.9. The van der Waals surface area contributed by atoms with Gasteiger partial charge in [0.25, 0.3) is 0 Å². The zero-order chi connectivity index (χ0) is 61.1. The van der Waals surface area contributed by atoms with Crippen molar-refractivity contribution >= 4 is 65.6 Å². The van der Waals surface area contributed by atoms with Gasteiger partial charge in [0, 0.05) is 13.0 Å². The second-order valence-corrected chi connectivity index (χ2v) is 15.7. The summed E-state index contributed by atoms with van der Waals surface area (Å²) in [4.78, 5) is 99.1. The molecule has 1 fully saturated rings. The number of rotatable bonds is 23. The molecule has 1 aliphatic rings. The van der Waals surface area contributed by atoms with Gasteiger partial charge in [-0.2, -0.15) is 0 Å². The maximum Gasteiger partial charge on any atom is 0.320 e. The lowest BCUT2D eigenvalue weighted by atomic mass is 10.1. The predicted octanol–water partition coefficient (Wildman–Crippen LogP) is -5.15. The lowest BCUT2D eigenvalue weighted by Crippen LogP contribution is -2.34. The molecule has 1 amide bonds. The first kappa shape index (κ1) is 82.8. The molecule has 7 atom stereocenters. The number of unbranched alkanes of at least 4 members (excludes halogenated alkanes) is 1. The minimum atomic E-state index is -1.11. The van der Waals surface area contributed by atoms with Crippen LogP contribution < -0.4 is 73.7 Å². The number of carboxylic acids is 9. The fraction of sp³-hybridized carbons (Fsp3) is 0.605. The minimum Gasteiger partial charge on any atom is -0.480 e. The Balaban J connectivity index is -0.000000143. The fourth-order valence-corrected chi connectivity index (χ4v) is 3.86. The van der Waals surface area contributed by atoms with Crippen LogP contribution in [-0.2, 0) is 54.4 Å². The lowest BCUT2D eigenvalue weighted by molar-refractivity contribution is -0.140. The summed E-state index contributed by atoms with van der Waals surface area (Å²) in [5.74, 6) is -9.18. The number of amides is 1. The molecular weight excluding hydrogens is 1020 g/mol. The van der Waals surface area contributed by atoms with Crippen molar-refractivity contribution in [3.05, 3.63) is 35.9 Å². The van der Waals surface area contributed by atoms with E-state index in [0.717, 1.165) is 37.8 Å². The number of nitrogens with one attached hydrogen (secondary N) is 3. The van der Waals surface area contributed by atoms with Gasteiger partial charge in [-0.3, -0.25) is 53.4 Å². The molecule has 1 aliphatic heterocycles. The lowest BCUT2D eigenvalue weighted by Gasteiger charge is -2.07. The molecule has 33 heteroatoms. The quantitative estimate of drug-likeness (QED) is 0.0277. The molecule has 34 N–H and O–H groups in total. The maximum absolute atomic E-state index is 10.4. The third kappa shape index (κ3) is 68.9. The van der Waals surface area contributed by atoms with Gasteiger partial charge in [-0.25, -0.2) is 0 Å². The molecule has 442 valence electrons.